The number of carbonyl (C=O) groups excluding carboxylic acids is 2. The largest absolute Gasteiger partial charge is 0.368 e. The summed E-state index contributed by atoms with van der Waals surface area (Å²) in [6.07, 6.45) is 0. The Balaban J connectivity index is 2.48. The quantitative estimate of drug-likeness (QED) is 0.721. The number of nitrogens with two attached hydrogens (primary N) is 1. The molecule has 0 aliphatic heterocycles. The maximum Gasteiger partial charge on any atom is 0.238 e. The van der Waals surface area contributed by atoms with E-state index in [1.807, 2.05) is 31.2 Å². The highest BCUT2D eigenvalue weighted by Gasteiger charge is 2.24. The van der Waals surface area contributed by atoms with E-state index < -0.39 is 11.4 Å². The fourth-order valence-corrected chi connectivity index (χ4v) is 1.23. The van der Waals surface area contributed by atoms with Crippen molar-refractivity contribution in [3.05, 3.63) is 29.8 Å². The van der Waals surface area contributed by atoms with Crippen LogP contribution >= 0.6 is 0 Å². The van der Waals surface area contributed by atoms with Gasteiger partial charge in [0.05, 0.1) is 12.1 Å². The molecule has 0 aromatic heterocycles. The zero-order valence-electron chi connectivity index (χ0n) is 10.9. The third kappa shape index (κ3) is 4.18. The molecule has 1 aromatic carbocycles. The second kappa shape index (κ2) is 5.64. The summed E-state index contributed by atoms with van der Waals surface area (Å²) in [7, 11) is 0. The number of amides is 2. The summed E-state index contributed by atoms with van der Waals surface area (Å²) in [6.45, 7) is 5.27. The van der Waals surface area contributed by atoms with E-state index in [1.165, 1.54) is 0 Å². The Labute approximate surface area is 107 Å². The zero-order chi connectivity index (χ0) is 13.8. The fraction of sp³-hybridized carbons (Fsp3) is 0.385. The van der Waals surface area contributed by atoms with Gasteiger partial charge in [-0.15, -0.1) is 0 Å². The van der Waals surface area contributed by atoms with Crippen LogP contribution in [0.3, 0.4) is 0 Å². The number of nitrogens with one attached hydrogen (secondary N) is 2. The monoisotopic (exact) mass is 249 g/mol. The van der Waals surface area contributed by atoms with Gasteiger partial charge in [-0.1, -0.05) is 17.7 Å². The van der Waals surface area contributed by atoms with Crippen LogP contribution in [-0.2, 0) is 9.59 Å². The number of hydrogen-bond acceptors (Lipinski definition) is 3. The highest BCUT2D eigenvalue weighted by atomic mass is 16.2. The van der Waals surface area contributed by atoms with E-state index >= 15 is 0 Å². The maximum absolute atomic E-state index is 11.6. The van der Waals surface area contributed by atoms with Crippen molar-refractivity contribution in [2.75, 3.05) is 11.9 Å². The third-order valence-corrected chi connectivity index (χ3v) is 2.64. The first kappa shape index (κ1) is 14.2. The highest BCUT2D eigenvalue weighted by Crippen LogP contribution is 2.08. The van der Waals surface area contributed by atoms with E-state index in [0.717, 1.165) is 11.3 Å². The van der Waals surface area contributed by atoms with Crippen molar-refractivity contribution in [1.29, 1.82) is 0 Å². The van der Waals surface area contributed by atoms with Crippen molar-refractivity contribution in [3.63, 3.8) is 0 Å². The molecule has 5 heteroatoms. The van der Waals surface area contributed by atoms with Gasteiger partial charge in [-0.05, 0) is 32.9 Å². The molecule has 18 heavy (non-hydrogen) atoms. The Bertz CT molecular complexity index is 438. The first-order valence-corrected chi connectivity index (χ1v) is 5.73. The summed E-state index contributed by atoms with van der Waals surface area (Å²) in [5.41, 5.74) is 6.15. The van der Waals surface area contributed by atoms with Crippen molar-refractivity contribution in [3.8, 4) is 0 Å². The van der Waals surface area contributed by atoms with Crippen LogP contribution in [0.5, 0.6) is 0 Å². The van der Waals surface area contributed by atoms with Gasteiger partial charge in [0.15, 0.2) is 0 Å². The summed E-state index contributed by atoms with van der Waals surface area (Å²) in [6, 6.07) is 7.48. The van der Waals surface area contributed by atoms with Gasteiger partial charge in [-0.2, -0.15) is 0 Å². The van der Waals surface area contributed by atoms with Crippen LogP contribution in [0.1, 0.15) is 19.4 Å². The van der Waals surface area contributed by atoms with Gasteiger partial charge in [0, 0.05) is 5.69 Å². The lowest BCUT2D eigenvalue weighted by Crippen LogP contribution is -2.52. The Morgan fingerprint density at radius 3 is 2.28 bits per heavy atom. The molecule has 0 unspecified atom stereocenters. The van der Waals surface area contributed by atoms with Gasteiger partial charge >= 0.3 is 0 Å². The summed E-state index contributed by atoms with van der Waals surface area (Å²) >= 11 is 0. The highest BCUT2D eigenvalue weighted by molar-refractivity contribution is 5.93. The van der Waals surface area contributed by atoms with Crippen LogP contribution in [0.4, 0.5) is 5.69 Å². The summed E-state index contributed by atoms with van der Waals surface area (Å²) in [4.78, 5) is 22.7. The average Bonchev–Trinajstić information content (AvgIpc) is 2.29. The molecule has 0 saturated heterocycles. The predicted octanol–water partition coefficient (Wildman–Crippen LogP) is 0.787. The molecule has 0 radical (unpaired) electrons. The van der Waals surface area contributed by atoms with E-state index in [4.69, 9.17) is 5.73 Å². The summed E-state index contributed by atoms with van der Waals surface area (Å²) in [5, 5.41) is 5.53. The molecule has 0 saturated carbocycles. The molecule has 0 aliphatic rings. The van der Waals surface area contributed by atoms with Crippen LogP contribution in [0.15, 0.2) is 24.3 Å². The van der Waals surface area contributed by atoms with Crippen molar-refractivity contribution in [2.24, 2.45) is 5.73 Å². The molecular formula is C13H19N3O2. The molecule has 0 fully saturated rings. The van der Waals surface area contributed by atoms with Gasteiger partial charge in [0.2, 0.25) is 11.8 Å². The lowest BCUT2D eigenvalue weighted by atomic mass is 10.1. The van der Waals surface area contributed by atoms with Crippen molar-refractivity contribution in [1.82, 2.24) is 5.32 Å². The van der Waals surface area contributed by atoms with Gasteiger partial charge < -0.3 is 11.1 Å². The van der Waals surface area contributed by atoms with E-state index in [-0.39, 0.29) is 12.5 Å². The van der Waals surface area contributed by atoms with E-state index in [0.29, 0.717) is 0 Å². The zero-order valence-corrected chi connectivity index (χ0v) is 10.9. The maximum atomic E-state index is 11.6. The minimum atomic E-state index is -0.898. The van der Waals surface area contributed by atoms with E-state index in [1.54, 1.807) is 13.8 Å². The molecular weight excluding hydrogens is 230 g/mol. The van der Waals surface area contributed by atoms with Crippen LogP contribution in [-0.4, -0.2) is 23.9 Å². The van der Waals surface area contributed by atoms with Crippen LogP contribution in [0, 0.1) is 6.92 Å². The molecule has 5 nitrogen and oxygen atoms in total. The molecule has 4 N–H and O–H groups in total. The van der Waals surface area contributed by atoms with E-state index in [9.17, 15) is 9.59 Å². The molecule has 0 atom stereocenters. The normalized spacial score (nSPS) is 11.1. The molecule has 1 rings (SSSR count). The molecule has 0 heterocycles. The van der Waals surface area contributed by atoms with Crippen molar-refractivity contribution >= 4 is 17.5 Å². The van der Waals surface area contributed by atoms with E-state index in [2.05, 4.69) is 10.6 Å². The third-order valence-electron chi connectivity index (χ3n) is 2.64. The molecule has 1 aromatic rings. The van der Waals surface area contributed by atoms with Crippen LogP contribution in [0.25, 0.3) is 0 Å². The minimum absolute atomic E-state index is 0.0316. The Morgan fingerprint density at radius 2 is 1.78 bits per heavy atom. The number of primary amides is 1. The lowest BCUT2D eigenvalue weighted by Gasteiger charge is -2.21. The predicted molar refractivity (Wildman–Crippen MR) is 71.1 cm³/mol. The average molecular weight is 249 g/mol. The standard InChI is InChI=1S/C13H19N3O2/c1-9-4-6-10(7-5-9)16-11(17)8-15-13(2,3)12(14)18/h4-7,15H,8H2,1-3H3,(H2,14,18)(H,16,17). The molecule has 0 spiro atoms. The SMILES string of the molecule is Cc1ccc(NC(=O)CNC(C)(C)C(N)=O)cc1. The smallest absolute Gasteiger partial charge is 0.238 e. The fourth-order valence-electron chi connectivity index (χ4n) is 1.23. The molecule has 0 bridgehead atoms. The molecule has 0 aliphatic carbocycles. The second-order valence-electron chi connectivity index (χ2n) is 4.76. The number of aryl methyl sites for hydroxylation is 1. The summed E-state index contributed by atoms with van der Waals surface area (Å²) < 4.78 is 0. The Hall–Kier alpha value is -1.88. The second-order valence-corrected chi connectivity index (χ2v) is 4.76. The van der Waals surface area contributed by atoms with Gasteiger partial charge in [0.1, 0.15) is 0 Å². The summed E-state index contributed by atoms with van der Waals surface area (Å²) in [5.74, 6) is -0.709. The number of rotatable bonds is 5. The van der Waals surface area contributed by atoms with Crippen LogP contribution < -0.4 is 16.4 Å². The number of carbonyl (C=O) groups is 2. The first-order chi connectivity index (χ1) is 8.31. The number of anilines is 1. The topological polar surface area (TPSA) is 84.2 Å². The van der Waals surface area contributed by atoms with Crippen molar-refractivity contribution in [2.45, 2.75) is 26.3 Å². The van der Waals surface area contributed by atoms with Gasteiger partial charge in [-0.3, -0.25) is 14.9 Å². The lowest BCUT2D eigenvalue weighted by molar-refractivity contribution is -0.123. The van der Waals surface area contributed by atoms with Crippen LogP contribution in [0.2, 0.25) is 0 Å². The molecule has 2 amide bonds. The number of hydrogen-bond donors (Lipinski definition) is 3. The Morgan fingerprint density at radius 1 is 1.22 bits per heavy atom. The van der Waals surface area contributed by atoms with Gasteiger partial charge in [-0.25, -0.2) is 0 Å². The van der Waals surface area contributed by atoms with Gasteiger partial charge in [0.25, 0.3) is 0 Å². The Kier molecular flexibility index (Phi) is 4.44. The minimum Gasteiger partial charge on any atom is -0.368 e. The number of benzene rings is 1. The molecule has 98 valence electrons. The van der Waals surface area contributed by atoms with Crippen molar-refractivity contribution < 1.29 is 9.59 Å². The first-order valence-electron chi connectivity index (χ1n) is 5.73.